The summed E-state index contributed by atoms with van der Waals surface area (Å²) in [5.74, 6) is -0.181. The van der Waals surface area contributed by atoms with Crippen molar-refractivity contribution in [3.63, 3.8) is 0 Å². The topological polar surface area (TPSA) is 46.5 Å². The molecular weight excluding hydrogens is 384 g/mol. The first kappa shape index (κ1) is 13.6. The Morgan fingerprint density at radius 2 is 2.06 bits per heavy atom. The summed E-state index contributed by atoms with van der Waals surface area (Å²) < 4.78 is 7.44. The van der Waals surface area contributed by atoms with E-state index < -0.39 is 5.97 Å². The van der Waals surface area contributed by atoms with E-state index in [1.165, 1.54) is 11.3 Å². The molecule has 0 fully saturated rings. The lowest BCUT2D eigenvalue weighted by Crippen LogP contribution is -1.93. The van der Waals surface area contributed by atoms with Gasteiger partial charge in [0, 0.05) is 9.35 Å². The third kappa shape index (κ3) is 3.34. The van der Waals surface area contributed by atoms with Gasteiger partial charge >= 0.3 is 5.97 Å². The molecule has 0 amide bonds. The summed E-state index contributed by atoms with van der Waals surface area (Å²) in [5.41, 5.74) is 0. The van der Waals surface area contributed by atoms with Gasteiger partial charge in [-0.2, -0.15) is 0 Å². The van der Waals surface area contributed by atoms with Crippen LogP contribution in [0.3, 0.4) is 0 Å². The van der Waals surface area contributed by atoms with E-state index in [-0.39, 0.29) is 0 Å². The average Bonchev–Trinajstić information content (AvgIpc) is 2.76. The molecule has 1 heterocycles. The third-order valence-corrected chi connectivity index (χ3v) is 4.30. The lowest BCUT2D eigenvalue weighted by Gasteiger charge is -2.06. The number of hydrogen-bond acceptors (Lipinski definition) is 3. The highest BCUT2D eigenvalue weighted by molar-refractivity contribution is 9.11. The average molecular weight is 392 g/mol. The quantitative estimate of drug-likeness (QED) is 0.831. The van der Waals surface area contributed by atoms with E-state index in [4.69, 9.17) is 9.84 Å². The molecule has 18 heavy (non-hydrogen) atoms. The monoisotopic (exact) mass is 390 g/mol. The van der Waals surface area contributed by atoms with Gasteiger partial charge in [0.25, 0.3) is 0 Å². The van der Waals surface area contributed by atoms with Gasteiger partial charge in [0.15, 0.2) is 0 Å². The number of carboxylic acids is 1. The van der Waals surface area contributed by atoms with Gasteiger partial charge in [-0.25, -0.2) is 4.79 Å². The van der Waals surface area contributed by atoms with E-state index in [2.05, 4.69) is 31.9 Å². The Balaban J connectivity index is 2.04. The molecule has 1 N–H and O–H groups in total. The molecule has 0 saturated heterocycles. The van der Waals surface area contributed by atoms with Crippen LogP contribution in [0.5, 0.6) is 5.75 Å². The first-order valence-corrected chi connectivity index (χ1v) is 7.36. The van der Waals surface area contributed by atoms with Gasteiger partial charge in [0.2, 0.25) is 0 Å². The standard InChI is InChI=1S/C12H8Br2O3S/c13-7-1-3-10(9(14)5-7)17-6-8-2-4-11(18-8)12(15)16/h1-5H,6H2,(H,15,16). The SMILES string of the molecule is O=C(O)c1ccc(COc2ccc(Br)cc2Br)s1. The third-order valence-electron chi connectivity index (χ3n) is 2.14. The number of thiophene rings is 1. The molecule has 0 aliphatic rings. The molecule has 2 rings (SSSR count). The fourth-order valence-electron chi connectivity index (χ4n) is 1.31. The van der Waals surface area contributed by atoms with Crippen molar-refractivity contribution in [1.29, 1.82) is 0 Å². The molecule has 0 bridgehead atoms. The van der Waals surface area contributed by atoms with Gasteiger partial charge in [0.05, 0.1) is 4.47 Å². The zero-order valence-electron chi connectivity index (χ0n) is 9.02. The van der Waals surface area contributed by atoms with Crippen molar-refractivity contribution >= 4 is 49.2 Å². The second kappa shape index (κ2) is 5.86. The summed E-state index contributed by atoms with van der Waals surface area (Å²) in [6, 6.07) is 8.98. The predicted molar refractivity (Wildman–Crippen MR) is 77.5 cm³/mol. The number of carbonyl (C=O) groups is 1. The number of carboxylic acid groups (broad SMARTS) is 1. The van der Waals surface area contributed by atoms with E-state index in [0.717, 1.165) is 19.6 Å². The number of benzene rings is 1. The van der Waals surface area contributed by atoms with Crippen molar-refractivity contribution in [1.82, 2.24) is 0 Å². The molecule has 0 atom stereocenters. The summed E-state index contributed by atoms with van der Waals surface area (Å²) in [7, 11) is 0. The van der Waals surface area contributed by atoms with Crippen molar-refractivity contribution in [2.75, 3.05) is 0 Å². The highest BCUT2D eigenvalue weighted by atomic mass is 79.9. The number of ether oxygens (including phenoxy) is 1. The first-order chi connectivity index (χ1) is 8.56. The minimum absolute atomic E-state index is 0.323. The maximum atomic E-state index is 10.7. The van der Waals surface area contributed by atoms with Crippen LogP contribution in [0.15, 0.2) is 39.3 Å². The lowest BCUT2D eigenvalue weighted by molar-refractivity contribution is 0.0702. The maximum absolute atomic E-state index is 10.7. The van der Waals surface area contributed by atoms with Crippen LogP contribution < -0.4 is 4.74 Å². The lowest BCUT2D eigenvalue weighted by atomic mass is 10.3. The Kier molecular flexibility index (Phi) is 4.42. The normalized spacial score (nSPS) is 10.3. The first-order valence-electron chi connectivity index (χ1n) is 4.96. The molecule has 0 saturated carbocycles. The van der Waals surface area contributed by atoms with Gasteiger partial charge in [-0.15, -0.1) is 11.3 Å². The molecule has 0 unspecified atom stereocenters. The fraction of sp³-hybridized carbons (Fsp3) is 0.0833. The maximum Gasteiger partial charge on any atom is 0.345 e. The van der Waals surface area contributed by atoms with Crippen LogP contribution in [0.25, 0.3) is 0 Å². The number of aromatic carboxylic acids is 1. The molecule has 1 aromatic carbocycles. The second-order valence-corrected chi connectivity index (χ2v) is 6.37. The van der Waals surface area contributed by atoms with Crippen LogP contribution in [0.4, 0.5) is 0 Å². The van der Waals surface area contributed by atoms with E-state index in [1.807, 2.05) is 18.2 Å². The Bertz CT molecular complexity index is 580. The Morgan fingerprint density at radius 3 is 2.67 bits per heavy atom. The molecule has 3 nitrogen and oxygen atoms in total. The van der Waals surface area contributed by atoms with Gasteiger partial charge in [-0.3, -0.25) is 0 Å². The van der Waals surface area contributed by atoms with Crippen LogP contribution in [0, 0.1) is 0 Å². The van der Waals surface area contributed by atoms with Gasteiger partial charge in [-0.1, -0.05) is 15.9 Å². The minimum Gasteiger partial charge on any atom is -0.487 e. The van der Waals surface area contributed by atoms with Crippen LogP contribution in [0.2, 0.25) is 0 Å². The van der Waals surface area contributed by atoms with E-state index in [1.54, 1.807) is 12.1 Å². The van der Waals surface area contributed by atoms with E-state index in [9.17, 15) is 4.79 Å². The Hall–Kier alpha value is -0.850. The Labute approximate surface area is 125 Å². The predicted octanol–water partition coefficient (Wildman–Crippen LogP) is 4.55. The highest BCUT2D eigenvalue weighted by Gasteiger charge is 2.08. The summed E-state index contributed by atoms with van der Waals surface area (Å²) in [6.07, 6.45) is 0. The van der Waals surface area contributed by atoms with Crippen LogP contribution in [-0.2, 0) is 6.61 Å². The van der Waals surface area contributed by atoms with Crippen LogP contribution in [-0.4, -0.2) is 11.1 Å². The van der Waals surface area contributed by atoms with Crippen molar-refractivity contribution in [2.24, 2.45) is 0 Å². The van der Waals surface area contributed by atoms with Gasteiger partial charge < -0.3 is 9.84 Å². The zero-order valence-corrected chi connectivity index (χ0v) is 13.0. The van der Waals surface area contributed by atoms with Crippen molar-refractivity contribution in [2.45, 2.75) is 6.61 Å². The molecular formula is C12H8Br2O3S. The van der Waals surface area contributed by atoms with Gasteiger partial charge in [0.1, 0.15) is 17.2 Å². The van der Waals surface area contributed by atoms with E-state index in [0.29, 0.717) is 11.5 Å². The number of halogens is 2. The molecule has 1 aromatic heterocycles. The van der Waals surface area contributed by atoms with Crippen LogP contribution >= 0.6 is 43.2 Å². The number of rotatable bonds is 4. The summed E-state index contributed by atoms with van der Waals surface area (Å²) in [6.45, 7) is 0.359. The molecule has 94 valence electrons. The van der Waals surface area contributed by atoms with Crippen LogP contribution in [0.1, 0.15) is 14.5 Å². The molecule has 0 aliphatic carbocycles. The minimum atomic E-state index is -0.906. The molecule has 0 spiro atoms. The summed E-state index contributed by atoms with van der Waals surface area (Å²) in [4.78, 5) is 11.9. The summed E-state index contributed by atoms with van der Waals surface area (Å²) >= 11 is 7.99. The number of hydrogen-bond donors (Lipinski definition) is 1. The molecule has 0 radical (unpaired) electrons. The summed E-state index contributed by atoms with van der Waals surface area (Å²) in [5, 5.41) is 8.81. The van der Waals surface area contributed by atoms with Crippen molar-refractivity contribution < 1.29 is 14.6 Å². The smallest absolute Gasteiger partial charge is 0.345 e. The van der Waals surface area contributed by atoms with Crippen molar-refractivity contribution in [3.05, 3.63) is 49.0 Å². The molecule has 0 aliphatic heterocycles. The Morgan fingerprint density at radius 1 is 1.28 bits per heavy atom. The second-order valence-electron chi connectivity index (χ2n) is 3.43. The van der Waals surface area contributed by atoms with E-state index >= 15 is 0 Å². The largest absolute Gasteiger partial charge is 0.487 e. The molecule has 2 aromatic rings. The fourth-order valence-corrected chi connectivity index (χ4v) is 3.23. The molecule has 6 heteroatoms. The zero-order chi connectivity index (χ0) is 13.1. The van der Waals surface area contributed by atoms with Crippen molar-refractivity contribution in [3.8, 4) is 5.75 Å². The van der Waals surface area contributed by atoms with Gasteiger partial charge in [-0.05, 0) is 46.3 Å². The highest BCUT2D eigenvalue weighted by Crippen LogP contribution is 2.29.